The van der Waals surface area contributed by atoms with Gasteiger partial charge in [-0.1, -0.05) is 11.6 Å². The molecule has 4 nitrogen and oxygen atoms in total. The lowest BCUT2D eigenvalue weighted by atomic mass is 10.2. The number of thioether (sulfide) groups is 1. The van der Waals surface area contributed by atoms with E-state index in [0.29, 0.717) is 11.3 Å². The average molecular weight is 274 g/mol. The van der Waals surface area contributed by atoms with Crippen LogP contribution >= 0.6 is 23.4 Å². The number of carbonyl (C=O) groups excluding carboxylic acids is 1. The highest BCUT2D eigenvalue weighted by Crippen LogP contribution is 2.15. The van der Waals surface area contributed by atoms with E-state index in [-0.39, 0.29) is 17.1 Å². The molecule has 94 valence electrons. The van der Waals surface area contributed by atoms with Crippen molar-refractivity contribution in [2.45, 2.75) is 19.4 Å². The van der Waals surface area contributed by atoms with Gasteiger partial charge in [-0.05, 0) is 31.4 Å². The Bertz CT molecular complexity index is 400. The number of hydrogen-bond donors (Lipinski definition) is 2. The van der Waals surface area contributed by atoms with Gasteiger partial charge in [-0.25, -0.2) is 4.98 Å². The minimum Gasteiger partial charge on any atom is -0.397 e. The van der Waals surface area contributed by atoms with Crippen LogP contribution in [0.25, 0.3) is 0 Å². The van der Waals surface area contributed by atoms with Crippen molar-refractivity contribution in [1.29, 1.82) is 0 Å². The molecule has 0 saturated carbocycles. The fourth-order valence-electron chi connectivity index (χ4n) is 1.31. The second-order valence-electron chi connectivity index (χ2n) is 3.75. The first-order valence-corrected chi connectivity index (χ1v) is 7.02. The molecule has 1 rings (SSSR count). The zero-order chi connectivity index (χ0) is 12.8. The predicted octanol–water partition coefficient (Wildman–Crippen LogP) is 2.19. The van der Waals surface area contributed by atoms with Crippen LogP contribution in [0.5, 0.6) is 0 Å². The van der Waals surface area contributed by atoms with E-state index in [1.54, 1.807) is 11.8 Å². The molecule has 1 atom stereocenters. The lowest BCUT2D eigenvalue weighted by Gasteiger charge is -2.14. The molecule has 1 amide bonds. The van der Waals surface area contributed by atoms with E-state index in [9.17, 15) is 4.79 Å². The second-order valence-corrected chi connectivity index (χ2v) is 5.12. The van der Waals surface area contributed by atoms with E-state index in [4.69, 9.17) is 17.3 Å². The highest BCUT2D eigenvalue weighted by atomic mass is 35.5. The molecule has 3 N–H and O–H groups in total. The number of nitrogens with two attached hydrogens (primary N) is 1. The third-order valence-electron chi connectivity index (χ3n) is 2.28. The summed E-state index contributed by atoms with van der Waals surface area (Å²) in [6.07, 6.45) is 4.35. The van der Waals surface area contributed by atoms with Crippen molar-refractivity contribution in [3.05, 3.63) is 23.0 Å². The Kier molecular flexibility index (Phi) is 5.58. The molecule has 0 aromatic carbocycles. The van der Waals surface area contributed by atoms with E-state index in [1.165, 1.54) is 12.3 Å². The van der Waals surface area contributed by atoms with Crippen LogP contribution in [0.1, 0.15) is 23.7 Å². The van der Waals surface area contributed by atoms with E-state index in [1.807, 2.05) is 13.2 Å². The molecule has 1 heterocycles. The fourth-order valence-corrected chi connectivity index (χ4v) is 2.05. The topological polar surface area (TPSA) is 68.0 Å². The van der Waals surface area contributed by atoms with Gasteiger partial charge in [0.15, 0.2) is 0 Å². The van der Waals surface area contributed by atoms with E-state index < -0.39 is 0 Å². The van der Waals surface area contributed by atoms with Crippen LogP contribution in [0, 0.1) is 0 Å². The van der Waals surface area contributed by atoms with Gasteiger partial charge in [0, 0.05) is 6.04 Å². The van der Waals surface area contributed by atoms with Crippen LogP contribution in [-0.4, -0.2) is 28.9 Å². The second kappa shape index (κ2) is 6.71. The van der Waals surface area contributed by atoms with Crippen LogP contribution in [0.15, 0.2) is 12.3 Å². The first-order chi connectivity index (χ1) is 8.04. The third-order valence-corrected chi connectivity index (χ3v) is 3.13. The van der Waals surface area contributed by atoms with Gasteiger partial charge in [-0.2, -0.15) is 11.8 Å². The van der Waals surface area contributed by atoms with Crippen molar-refractivity contribution in [1.82, 2.24) is 10.3 Å². The normalized spacial score (nSPS) is 12.2. The van der Waals surface area contributed by atoms with Crippen molar-refractivity contribution < 1.29 is 4.79 Å². The van der Waals surface area contributed by atoms with Crippen molar-refractivity contribution in [2.24, 2.45) is 0 Å². The quantitative estimate of drug-likeness (QED) is 0.807. The first kappa shape index (κ1) is 14.1. The Morgan fingerprint density at radius 1 is 1.71 bits per heavy atom. The van der Waals surface area contributed by atoms with Crippen molar-refractivity contribution >= 4 is 35.0 Å². The summed E-state index contributed by atoms with van der Waals surface area (Å²) in [5.41, 5.74) is 6.39. The number of anilines is 1. The molecular formula is C11H16ClN3OS. The molecule has 17 heavy (non-hydrogen) atoms. The largest absolute Gasteiger partial charge is 0.397 e. The Morgan fingerprint density at radius 2 is 2.41 bits per heavy atom. The summed E-state index contributed by atoms with van der Waals surface area (Å²) in [5.74, 6) is 0.800. The molecule has 1 unspecified atom stereocenters. The molecule has 0 aliphatic heterocycles. The van der Waals surface area contributed by atoms with Gasteiger partial charge < -0.3 is 11.1 Å². The van der Waals surface area contributed by atoms with Gasteiger partial charge in [0.1, 0.15) is 5.15 Å². The molecule has 0 saturated heterocycles. The first-order valence-electron chi connectivity index (χ1n) is 5.25. The summed E-state index contributed by atoms with van der Waals surface area (Å²) in [5, 5.41) is 3.15. The van der Waals surface area contributed by atoms with Gasteiger partial charge in [-0.3, -0.25) is 4.79 Å². The number of rotatable bonds is 5. The van der Waals surface area contributed by atoms with Crippen LogP contribution in [0.3, 0.4) is 0 Å². The standard InChI is InChI=1S/C11H16ClN3OS/c1-7(3-4-17-2)15-11(16)8-5-10(12)14-6-9(8)13/h5-7H,3-4,13H2,1-2H3,(H,15,16). The third kappa shape index (κ3) is 4.44. The Hall–Kier alpha value is -0.940. The number of halogens is 1. The molecule has 0 aliphatic rings. The molecule has 6 heteroatoms. The minimum atomic E-state index is -0.208. The van der Waals surface area contributed by atoms with Crippen LogP contribution in [0.4, 0.5) is 5.69 Å². The summed E-state index contributed by atoms with van der Waals surface area (Å²) < 4.78 is 0. The predicted molar refractivity (Wildman–Crippen MR) is 73.6 cm³/mol. The van der Waals surface area contributed by atoms with Gasteiger partial charge >= 0.3 is 0 Å². The number of amides is 1. The number of nitrogens with one attached hydrogen (secondary N) is 1. The van der Waals surface area contributed by atoms with Crippen LogP contribution in [0.2, 0.25) is 5.15 Å². The zero-order valence-corrected chi connectivity index (χ0v) is 11.4. The number of aromatic nitrogens is 1. The number of carbonyl (C=O) groups is 1. The zero-order valence-electron chi connectivity index (χ0n) is 9.87. The lowest BCUT2D eigenvalue weighted by molar-refractivity contribution is 0.0940. The van der Waals surface area contributed by atoms with E-state index in [0.717, 1.165) is 12.2 Å². The Labute approximate surface area is 110 Å². The summed E-state index contributed by atoms with van der Waals surface area (Å²) in [6, 6.07) is 1.59. The molecule has 1 aromatic heterocycles. The van der Waals surface area contributed by atoms with Gasteiger partial charge in [0.25, 0.3) is 5.91 Å². The summed E-state index contributed by atoms with van der Waals surface area (Å²) in [7, 11) is 0. The highest BCUT2D eigenvalue weighted by molar-refractivity contribution is 7.98. The van der Waals surface area contributed by atoms with Crippen molar-refractivity contribution in [3.63, 3.8) is 0 Å². The molecule has 0 aliphatic carbocycles. The summed E-state index contributed by atoms with van der Waals surface area (Å²) >= 11 is 7.48. The maximum atomic E-state index is 11.9. The number of pyridine rings is 1. The maximum Gasteiger partial charge on any atom is 0.253 e. The fraction of sp³-hybridized carbons (Fsp3) is 0.455. The average Bonchev–Trinajstić information content (AvgIpc) is 2.29. The van der Waals surface area contributed by atoms with Gasteiger partial charge in [0.2, 0.25) is 0 Å². The summed E-state index contributed by atoms with van der Waals surface area (Å²) in [4.78, 5) is 15.7. The number of nitrogen functional groups attached to an aromatic ring is 1. The van der Waals surface area contributed by atoms with Crippen molar-refractivity contribution in [2.75, 3.05) is 17.7 Å². The van der Waals surface area contributed by atoms with Crippen LogP contribution < -0.4 is 11.1 Å². The molecule has 0 spiro atoms. The molecular weight excluding hydrogens is 258 g/mol. The summed E-state index contributed by atoms with van der Waals surface area (Å²) in [6.45, 7) is 1.97. The monoisotopic (exact) mass is 273 g/mol. The van der Waals surface area contributed by atoms with Gasteiger partial charge in [-0.15, -0.1) is 0 Å². The smallest absolute Gasteiger partial charge is 0.253 e. The van der Waals surface area contributed by atoms with E-state index in [2.05, 4.69) is 10.3 Å². The SMILES string of the molecule is CSCCC(C)NC(=O)c1cc(Cl)ncc1N. The van der Waals surface area contributed by atoms with Crippen molar-refractivity contribution in [3.8, 4) is 0 Å². The molecule has 1 aromatic rings. The molecule has 0 bridgehead atoms. The number of nitrogens with zero attached hydrogens (tertiary/aromatic N) is 1. The number of hydrogen-bond acceptors (Lipinski definition) is 4. The lowest BCUT2D eigenvalue weighted by Crippen LogP contribution is -2.33. The highest BCUT2D eigenvalue weighted by Gasteiger charge is 2.13. The van der Waals surface area contributed by atoms with E-state index >= 15 is 0 Å². The van der Waals surface area contributed by atoms with Gasteiger partial charge in [0.05, 0.1) is 17.4 Å². The van der Waals surface area contributed by atoms with Crippen LogP contribution in [-0.2, 0) is 0 Å². The minimum absolute atomic E-state index is 0.112. The Balaban J connectivity index is 2.66. The molecule has 0 fully saturated rings. The molecule has 0 radical (unpaired) electrons. The Morgan fingerprint density at radius 3 is 3.06 bits per heavy atom. The maximum absolute atomic E-state index is 11.9.